The number of thiophene rings is 1. The summed E-state index contributed by atoms with van der Waals surface area (Å²) in [6, 6.07) is 32.2. The van der Waals surface area contributed by atoms with Gasteiger partial charge in [0, 0.05) is 25.8 Å². The van der Waals surface area contributed by atoms with E-state index in [-0.39, 0.29) is 0 Å². The molecule has 3 aromatic carbocycles. The Balaban J connectivity index is 1.78. The van der Waals surface area contributed by atoms with Gasteiger partial charge in [0.15, 0.2) is 5.60 Å². The number of nitrogens with zero attached hydrogens (tertiary/aromatic N) is 1. The quantitative estimate of drug-likeness (QED) is 0.305. The summed E-state index contributed by atoms with van der Waals surface area (Å²) in [4.78, 5) is 5.71. The van der Waals surface area contributed by atoms with Gasteiger partial charge in [-0.2, -0.15) is 0 Å². The summed E-state index contributed by atoms with van der Waals surface area (Å²) >= 11 is 5.19. The van der Waals surface area contributed by atoms with E-state index in [4.69, 9.17) is 0 Å². The fraction of sp³-hybridized carbons (Fsp3) is 0.0385. The van der Waals surface area contributed by atoms with Gasteiger partial charge in [0.2, 0.25) is 0 Å². The Bertz CT molecular complexity index is 1280. The van der Waals surface area contributed by atoms with Gasteiger partial charge in [0.1, 0.15) is 0 Å². The van der Waals surface area contributed by atoms with Gasteiger partial charge >= 0.3 is 0 Å². The summed E-state index contributed by atoms with van der Waals surface area (Å²) in [6.07, 6.45) is 1.73. The standard InChI is InChI=1S/C26H18BrNOS/c27-20-14-15-25(28-17-20)26(29,19-9-2-1-3-10-19)22-12-6-5-11-21(22)24-16-18-8-4-7-13-23(18)30-24/h1-17,29H. The van der Waals surface area contributed by atoms with Crippen molar-refractivity contribution in [2.24, 2.45) is 0 Å². The van der Waals surface area contributed by atoms with Gasteiger partial charge in [0.05, 0.1) is 5.69 Å². The third kappa shape index (κ3) is 3.27. The lowest BCUT2D eigenvalue weighted by Gasteiger charge is -2.30. The van der Waals surface area contributed by atoms with Crippen LogP contribution >= 0.6 is 27.3 Å². The van der Waals surface area contributed by atoms with Crippen LogP contribution in [-0.4, -0.2) is 10.1 Å². The van der Waals surface area contributed by atoms with Crippen LogP contribution in [0.2, 0.25) is 0 Å². The molecule has 0 fully saturated rings. The van der Waals surface area contributed by atoms with Crippen molar-refractivity contribution in [3.05, 3.63) is 125 Å². The lowest BCUT2D eigenvalue weighted by molar-refractivity contribution is 0.121. The van der Waals surface area contributed by atoms with Crippen LogP contribution in [0.4, 0.5) is 0 Å². The molecule has 146 valence electrons. The topological polar surface area (TPSA) is 33.1 Å². The molecule has 0 aliphatic carbocycles. The average molecular weight is 472 g/mol. The third-order valence-electron chi connectivity index (χ3n) is 5.30. The fourth-order valence-electron chi connectivity index (χ4n) is 3.84. The van der Waals surface area contributed by atoms with Gasteiger partial charge < -0.3 is 5.11 Å². The lowest BCUT2D eigenvalue weighted by atomic mass is 9.80. The molecular formula is C26H18BrNOS. The van der Waals surface area contributed by atoms with E-state index in [1.54, 1.807) is 17.5 Å². The van der Waals surface area contributed by atoms with Gasteiger partial charge in [-0.05, 0) is 56.7 Å². The highest BCUT2D eigenvalue weighted by Gasteiger charge is 2.37. The molecule has 2 heterocycles. The number of aromatic nitrogens is 1. The molecule has 0 spiro atoms. The van der Waals surface area contributed by atoms with Gasteiger partial charge in [-0.25, -0.2) is 0 Å². The molecule has 5 rings (SSSR count). The Labute approximate surface area is 187 Å². The molecule has 1 unspecified atom stereocenters. The number of fused-ring (bicyclic) bond motifs is 1. The second kappa shape index (κ2) is 7.80. The van der Waals surface area contributed by atoms with E-state index in [1.165, 1.54) is 10.1 Å². The second-order valence-electron chi connectivity index (χ2n) is 7.13. The minimum Gasteiger partial charge on any atom is -0.374 e. The lowest BCUT2D eigenvalue weighted by Crippen LogP contribution is -2.30. The summed E-state index contributed by atoms with van der Waals surface area (Å²) in [6.45, 7) is 0. The number of pyridine rings is 1. The summed E-state index contributed by atoms with van der Waals surface area (Å²) in [5.41, 5.74) is 1.82. The zero-order chi connectivity index (χ0) is 20.6. The molecule has 1 atom stereocenters. The number of rotatable bonds is 4. The molecular weight excluding hydrogens is 454 g/mol. The first-order valence-corrected chi connectivity index (χ1v) is 11.3. The Morgan fingerprint density at radius 2 is 1.53 bits per heavy atom. The monoisotopic (exact) mass is 471 g/mol. The Kier molecular flexibility index (Phi) is 4.99. The Hall–Kier alpha value is -2.79. The van der Waals surface area contributed by atoms with Crippen molar-refractivity contribution in [2.45, 2.75) is 5.60 Å². The van der Waals surface area contributed by atoms with Crippen LogP contribution in [0.5, 0.6) is 0 Å². The van der Waals surface area contributed by atoms with E-state index in [1.807, 2.05) is 60.7 Å². The van der Waals surface area contributed by atoms with Gasteiger partial charge in [-0.15, -0.1) is 11.3 Å². The van der Waals surface area contributed by atoms with Crippen molar-refractivity contribution in [2.75, 3.05) is 0 Å². The van der Waals surface area contributed by atoms with E-state index in [2.05, 4.69) is 57.3 Å². The molecule has 0 radical (unpaired) electrons. The van der Waals surface area contributed by atoms with Crippen LogP contribution in [0, 0.1) is 0 Å². The SMILES string of the molecule is OC(c1ccccc1)(c1ccc(Br)cn1)c1ccccc1-c1cc2ccccc2s1. The average Bonchev–Trinajstić information content (AvgIpc) is 3.24. The van der Waals surface area contributed by atoms with Crippen LogP contribution < -0.4 is 0 Å². The zero-order valence-electron chi connectivity index (χ0n) is 16.0. The van der Waals surface area contributed by atoms with Crippen LogP contribution in [0.15, 0.2) is 108 Å². The first kappa shape index (κ1) is 19.2. The van der Waals surface area contributed by atoms with Crippen LogP contribution in [-0.2, 0) is 5.60 Å². The predicted octanol–water partition coefficient (Wildman–Crippen LogP) is 7.01. The third-order valence-corrected chi connectivity index (χ3v) is 6.92. The van der Waals surface area contributed by atoms with Gasteiger partial charge in [-0.1, -0.05) is 72.8 Å². The van der Waals surface area contributed by atoms with Crippen molar-refractivity contribution in [3.63, 3.8) is 0 Å². The predicted molar refractivity (Wildman–Crippen MR) is 128 cm³/mol. The molecule has 4 heteroatoms. The number of hydrogen-bond acceptors (Lipinski definition) is 3. The van der Waals surface area contributed by atoms with Crippen LogP contribution in [0.3, 0.4) is 0 Å². The minimum absolute atomic E-state index is 0.588. The van der Waals surface area contributed by atoms with E-state index in [0.717, 1.165) is 26.0 Å². The summed E-state index contributed by atoms with van der Waals surface area (Å²) in [5, 5.41) is 13.5. The molecule has 0 aliphatic heterocycles. The minimum atomic E-state index is -1.38. The molecule has 2 nitrogen and oxygen atoms in total. The molecule has 0 saturated heterocycles. The smallest absolute Gasteiger partial charge is 0.157 e. The Morgan fingerprint density at radius 3 is 2.30 bits per heavy atom. The van der Waals surface area contributed by atoms with E-state index in [9.17, 15) is 5.11 Å². The molecule has 2 aromatic heterocycles. The fourth-order valence-corrected chi connectivity index (χ4v) is 5.18. The van der Waals surface area contributed by atoms with E-state index in [0.29, 0.717) is 5.69 Å². The largest absolute Gasteiger partial charge is 0.374 e. The van der Waals surface area contributed by atoms with E-state index < -0.39 is 5.60 Å². The summed E-state index contributed by atoms with van der Waals surface area (Å²) in [5.74, 6) is 0. The van der Waals surface area contributed by atoms with E-state index >= 15 is 0 Å². The van der Waals surface area contributed by atoms with Crippen molar-refractivity contribution >= 4 is 37.4 Å². The first-order valence-electron chi connectivity index (χ1n) is 9.64. The summed E-state index contributed by atoms with van der Waals surface area (Å²) in [7, 11) is 0. The van der Waals surface area contributed by atoms with Crippen molar-refractivity contribution < 1.29 is 5.11 Å². The van der Waals surface area contributed by atoms with Crippen molar-refractivity contribution in [3.8, 4) is 10.4 Å². The molecule has 0 aliphatic rings. The summed E-state index contributed by atoms with van der Waals surface area (Å²) < 4.78 is 2.10. The zero-order valence-corrected chi connectivity index (χ0v) is 18.4. The molecule has 1 N–H and O–H groups in total. The van der Waals surface area contributed by atoms with Crippen molar-refractivity contribution in [1.82, 2.24) is 4.98 Å². The maximum atomic E-state index is 12.3. The highest BCUT2D eigenvalue weighted by atomic mass is 79.9. The molecule has 0 amide bonds. The molecule has 30 heavy (non-hydrogen) atoms. The second-order valence-corrected chi connectivity index (χ2v) is 9.13. The van der Waals surface area contributed by atoms with Crippen LogP contribution in [0.1, 0.15) is 16.8 Å². The number of benzene rings is 3. The maximum absolute atomic E-state index is 12.3. The molecule has 0 bridgehead atoms. The number of aliphatic hydroxyl groups is 1. The molecule has 0 saturated carbocycles. The highest BCUT2D eigenvalue weighted by molar-refractivity contribution is 9.10. The van der Waals surface area contributed by atoms with Gasteiger partial charge in [-0.3, -0.25) is 4.98 Å². The maximum Gasteiger partial charge on any atom is 0.157 e. The van der Waals surface area contributed by atoms with Crippen LogP contribution in [0.25, 0.3) is 20.5 Å². The van der Waals surface area contributed by atoms with Gasteiger partial charge in [0.25, 0.3) is 0 Å². The Morgan fingerprint density at radius 1 is 0.800 bits per heavy atom. The normalized spacial score (nSPS) is 13.3. The highest BCUT2D eigenvalue weighted by Crippen LogP contribution is 2.43. The number of hydrogen-bond donors (Lipinski definition) is 1. The molecule has 5 aromatic rings. The number of halogens is 1. The van der Waals surface area contributed by atoms with Crippen molar-refractivity contribution in [1.29, 1.82) is 0 Å². The first-order chi connectivity index (χ1) is 14.7.